The highest BCUT2D eigenvalue weighted by Crippen LogP contribution is 2.28. The number of hydrogen-bond donors (Lipinski definition) is 1. The molecule has 5 nitrogen and oxygen atoms in total. The lowest BCUT2D eigenvalue weighted by Gasteiger charge is -2.13. The fourth-order valence-electron chi connectivity index (χ4n) is 2.05. The quantitative estimate of drug-likeness (QED) is 0.750. The van der Waals surface area contributed by atoms with Crippen molar-refractivity contribution in [2.75, 3.05) is 27.4 Å². The first-order valence-electron chi connectivity index (χ1n) is 7.04. The standard InChI is InChI=1S/C17H18BrNO4/c1-21-14-8-5-9-15(22-2)16(14)17(20)19-10-11-23-13-7-4-3-6-12(13)18/h3-9H,10-11H2,1-2H3,(H,19,20). The Kier molecular flexibility index (Phi) is 6.29. The SMILES string of the molecule is COc1cccc(OC)c1C(=O)NCCOc1ccccc1Br. The lowest BCUT2D eigenvalue weighted by molar-refractivity contribution is 0.0940. The van der Waals surface area contributed by atoms with Crippen LogP contribution in [0, 0.1) is 0 Å². The third-order valence-electron chi connectivity index (χ3n) is 3.14. The molecule has 0 saturated carbocycles. The summed E-state index contributed by atoms with van der Waals surface area (Å²) in [5, 5.41) is 2.80. The van der Waals surface area contributed by atoms with E-state index in [1.165, 1.54) is 14.2 Å². The Balaban J connectivity index is 1.94. The molecule has 0 aliphatic carbocycles. The van der Waals surface area contributed by atoms with Crippen LogP contribution in [-0.4, -0.2) is 33.3 Å². The summed E-state index contributed by atoms with van der Waals surface area (Å²) in [4.78, 5) is 12.3. The van der Waals surface area contributed by atoms with E-state index in [4.69, 9.17) is 14.2 Å². The van der Waals surface area contributed by atoms with Crippen LogP contribution in [0.5, 0.6) is 17.2 Å². The molecule has 0 atom stereocenters. The molecule has 0 heterocycles. The van der Waals surface area contributed by atoms with Crippen molar-refractivity contribution in [3.05, 3.63) is 52.5 Å². The molecule has 6 heteroatoms. The molecule has 122 valence electrons. The number of para-hydroxylation sites is 1. The molecule has 0 aliphatic rings. The predicted molar refractivity (Wildman–Crippen MR) is 91.5 cm³/mol. The lowest BCUT2D eigenvalue weighted by Crippen LogP contribution is -2.28. The van der Waals surface area contributed by atoms with Crippen molar-refractivity contribution in [2.45, 2.75) is 0 Å². The third-order valence-corrected chi connectivity index (χ3v) is 3.79. The van der Waals surface area contributed by atoms with Gasteiger partial charge in [0.15, 0.2) is 0 Å². The maximum absolute atomic E-state index is 12.3. The fraction of sp³-hybridized carbons (Fsp3) is 0.235. The van der Waals surface area contributed by atoms with Gasteiger partial charge < -0.3 is 19.5 Å². The van der Waals surface area contributed by atoms with Crippen molar-refractivity contribution in [2.24, 2.45) is 0 Å². The summed E-state index contributed by atoms with van der Waals surface area (Å²) in [5.41, 5.74) is 0.374. The smallest absolute Gasteiger partial charge is 0.258 e. The number of benzene rings is 2. The second kappa shape index (κ2) is 8.43. The van der Waals surface area contributed by atoms with E-state index in [-0.39, 0.29) is 5.91 Å². The molecule has 0 radical (unpaired) electrons. The Bertz CT molecular complexity index is 653. The first-order valence-corrected chi connectivity index (χ1v) is 7.83. The molecule has 0 saturated heterocycles. The van der Waals surface area contributed by atoms with Gasteiger partial charge in [0.2, 0.25) is 0 Å². The summed E-state index contributed by atoms with van der Waals surface area (Å²) in [5.74, 6) is 1.40. The minimum Gasteiger partial charge on any atom is -0.496 e. The summed E-state index contributed by atoms with van der Waals surface area (Å²) in [6, 6.07) is 12.8. The zero-order chi connectivity index (χ0) is 16.7. The Morgan fingerprint density at radius 2 is 1.61 bits per heavy atom. The van der Waals surface area contributed by atoms with E-state index in [1.54, 1.807) is 18.2 Å². The van der Waals surface area contributed by atoms with Gasteiger partial charge in [0.25, 0.3) is 5.91 Å². The number of amides is 1. The molecule has 2 aromatic rings. The van der Waals surface area contributed by atoms with Crippen LogP contribution >= 0.6 is 15.9 Å². The van der Waals surface area contributed by atoms with Crippen molar-refractivity contribution < 1.29 is 19.0 Å². The molecular weight excluding hydrogens is 362 g/mol. The average molecular weight is 380 g/mol. The fourth-order valence-corrected chi connectivity index (χ4v) is 2.45. The molecule has 23 heavy (non-hydrogen) atoms. The van der Waals surface area contributed by atoms with Gasteiger partial charge in [-0.2, -0.15) is 0 Å². The Morgan fingerprint density at radius 1 is 1.00 bits per heavy atom. The van der Waals surface area contributed by atoms with E-state index in [9.17, 15) is 4.79 Å². The number of carbonyl (C=O) groups is 1. The van der Waals surface area contributed by atoms with E-state index >= 15 is 0 Å². The molecule has 0 unspecified atom stereocenters. The monoisotopic (exact) mass is 379 g/mol. The number of nitrogens with one attached hydrogen (secondary N) is 1. The molecule has 2 rings (SSSR count). The molecule has 0 spiro atoms. The van der Waals surface area contributed by atoms with E-state index in [0.29, 0.717) is 30.2 Å². The first kappa shape index (κ1) is 17.1. The van der Waals surface area contributed by atoms with Crippen LogP contribution in [0.15, 0.2) is 46.9 Å². The highest BCUT2D eigenvalue weighted by atomic mass is 79.9. The van der Waals surface area contributed by atoms with Gasteiger partial charge in [-0.15, -0.1) is 0 Å². The van der Waals surface area contributed by atoms with Crippen LogP contribution in [0.2, 0.25) is 0 Å². The topological polar surface area (TPSA) is 56.8 Å². The summed E-state index contributed by atoms with van der Waals surface area (Å²) in [6.45, 7) is 0.715. The number of rotatable bonds is 7. The van der Waals surface area contributed by atoms with Gasteiger partial charge in [-0.1, -0.05) is 18.2 Å². The molecule has 1 N–H and O–H groups in total. The van der Waals surface area contributed by atoms with Crippen molar-refractivity contribution in [3.8, 4) is 17.2 Å². The van der Waals surface area contributed by atoms with Crippen molar-refractivity contribution >= 4 is 21.8 Å². The normalized spacial score (nSPS) is 10.0. The lowest BCUT2D eigenvalue weighted by atomic mass is 10.1. The second-order valence-electron chi connectivity index (χ2n) is 4.57. The second-order valence-corrected chi connectivity index (χ2v) is 5.43. The highest BCUT2D eigenvalue weighted by Gasteiger charge is 2.17. The average Bonchev–Trinajstić information content (AvgIpc) is 2.59. The zero-order valence-corrected chi connectivity index (χ0v) is 14.6. The minimum absolute atomic E-state index is 0.268. The van der Waals surface area contributed by atoms with Gasteiger partial charge in [0, 0.05) is 0 Å². The zero-order valence-electron chi connectivity index (χ0n) is 13.0. The van der Waals surface area contributed by atoms with Crippen molar-refractivity contribution in [1.82, 2.24) is 5.32 Å². The van der Waals surface area contributed by atoms with Crippen LogP contribution in [0.4, 0.5) is 0 Å². The molecule has 1 amide bonds. The number of methoxy groups -OCH3 is 2. The Hall–Kier alpha value is -2.21. The van der Waals surface area contributed by atoms with Gasteiger partial charge in [-0.05, 0) is 40.2 Å². The molecule has 0 aromatic heterocycles. The summed E-state index contributed by atoms with van der Waals surface area (Å²) in [6.07, 6.45) is 0. The Labute approximate surface area is 143 Å². The molecular formula is C17H18BrNO4. The first-order chi connectivity index (χ1) is 11.2. The summed E-state index contributed by atoms with van der Waals surface area (Å²) < 4.78 is 16.9. The van der Waals surface area contributed by atoms with Gasteiger partial charge in [-0.25, -0.2) is 0 Å². The maximum Gasteiger partial charge on any atom is 0.258 e. The van der Waals surface area contributed by atoms with Crippen LogP contribution in [-0.2, 0) is 0 Å². The van der Waals surface area contributed by atoms with E-state index < -0.39 is 0 Å². The molecule has 0 bridgehead atoms. The van der Waals surface area contributed by atoms with Gasteiger partial charge in [0.05, 0.1) is 25.2 Å². The van der Waals surface area contributed by atoms with Gasteiger partial charge >= 0.3 is 0 Å². The van der Waals surface area contributed by atoms with Gasteiger partial charge in [-0.3, -0.25) is 4.79 Å². The third kappa shape index (κ3) is 4.39. The van der Waals surface area contributed by atoms with Crippen molar-refractivity contribution in [3.63, 3.8) is 0 Å². The van der Waals surface area contributed by atoms with E-state index in [0.717, 1.165) is 10.2 Å². The minimum atomic E-state index is -0.268. The van der Waals surface area contributed by atoms with Crippen LogP contribution in [0.3, 0.4) is 0 Å². The Morgan fingerprint density at radius 3 is 2.22 bits per heavy atom. The molecule has 0 fully saturated rings. The number of halogens is 1. The summed E-state index contributed by atoms with van der Waals surface area (Å²) >= 11 is 3.41. The number of carbonyl (C=O) groups excluding carboxylic acids is 1. The number of hydrogen-bond acceptors (Lipinski definition) is 4. The predicted octanol–water partition coefficient (Wildman–Crippen LogP) is 3.28. The highest BCUT2D eigenvalue weighted by molar-refractivity contribution is 9.10. The van der Waals surface area contributed by atoms with E-state index in [2.05, 4.69) is 21.2 Å². The van der Waals surface area contributed by atoms with Crippen LogP contribution in [0.1, 0.15) is 10.4 Å². The summed E-state index contributed by atoms with van der Waals surface area (Å²) in [7, 11) is 3.03. The molecule has 0 aliphatic heterocycles. The molecule has 2 aromatic carbocycles. The number of ether oxygens (including phenoxy) is 3. The van der Waals surface area contributed by atoms with Gasteiger partial charge in [0.1, 0.15) is 29.4 Å². The van der Waals surface area contributed by atoms with Crippen molar-refractivity contribution in [1.29, 1.82) is 0 Å². The van der Waals surface area contributed by atoms with Crippen LogP contribution in [0.25, 0.3) is 0 Å². The maximum atomic E-state index is 12.3. The van der Waals surface area contributed by atoms with E-state index in [1.807, 2.05) is 24.3 Å². The largest absolute Gasteiger partial charge is 0.496 e. The van der Waals surface area contributed by atoms with Crippen LogP contribution < -0.4 is 19.5 Å².